The summed E-state index contributed by atoms with van der Waals surface area (Å²) < 4.78 is 0. The van der Waals surface area contributed by atoms with E-state index in [1.54, 1.807) is 0 Å². The van der Waals surface area contributed by atoms with Gasteiger partial charge in [-0.1, -0.05) is 20.3 Å². The quantitative estimate of drug-likeness (QED) is 0.770. The molecule has 16 heavy (non-hydrogen) atoms. The van der Waals surface area contributed by atoms with Gasteiger partial charge < -0.3 is 5.32 Å². The highest BCUT2D eigenvalue weighted by Gasteiger charge is 2.31. The van der Waals surface area contributed by atoms with Gasteiger partial charge in [-0.05, 0) is 19.8 Å². The minimum Gasteiger partial charge on any atom is -0.361 e. The molecule has 0 bridgehead atoms. The second-order valence-electron chi connectivity index (χ2n) is 4.29. The van der Waals surface area contributed by atoms with Crippen LogP contribution in [0.15, 0.2) is 22.5 Å². The summed E-state index contributed by atoms with van der Waals surface area (Å²) in [6, 6.07) is 4.47. The third-order valence-electron chi connectivity index (χ3n) is 3.26. The van der Waals surface area contributed by atoms with E-state index in [1.165, 1.54) is 0 Å². The monoisotopic (exact) mass is 215 g/mol. The van der Waals surface area contributed by atoms with E-state index >= 15 is 0 Å². The number of nitrogens with one attached hydrogen (secondary N) is 1. The third-order valence-corrected chi connectivity index (χ3v) is 3.26. The fourth-order valence-corrected chi connectivity index (χ4v) is 2.14. The Balaban J connectivity index is 3.28. The second-order valence-corrected chi connectivity index (χ2v) is 4.29. The lowest BCUT2D eigenvalue weighted by molar-refractivity contribution is 0.446. The largest absolute Gasteiger partial charge is 0.361 e. The normalized spacial score (nSPS) is 18.9. The lowest BCUT2D eigenvalue weighted by atomic mass is 9.77. The van der Waals surface area contributed by atoms with Crippen LogP contribution in [0.25, 0.3) is 0 Å². The van der Waals surface area contributed by atoms with Crippen LogP contribution in [0.3, 0.4) is 0 Å². The van der Waals surface area contributed by atoms with Crippen LogP contribution in [0.1, 0.15) is 34.1 Å². The van der Waals surface area contributed by atoms with Crippen LogP contribution in [-0.4, -0.2) is 0 Å². The van der Waals surface area contributed by atoms with Crippen LogP contribution in [0.2, 0.25) is 0 Å². The average Bonchev–Trinajstić information content (AvgIpc) is 2.27. The molecule has 1 aliphatic heterocycles. The van der Waals surface area contributed by atoms with E-state index in [0.29, 0.717) is 17.1 Å². The molecular formula is C13H17N3. The van der Waals surface area contributed by atoms with Crippen molar-refractivity contribution in [2.24, 2.45) is 11.8 Å². The average molecular weight is 215 g/mol. The number of hydrogen-bond acceptors (Lipinski definition) is 3. The summed E-state index contributed by atoms with van der Waals surface area (Å²) in [5, 5.41) is 21.5. The molecule has 3 nitrogen and oxygen atoms in total. The van der Waals surface area contributed by atoms with Crippen LogP contribution in [0, 0.1) is 34.5 Å². The Labute approximate surface area is 97.1 Å². The molecule has 1 rings (SSSR count). The molecule has 0 aromatic rings. The smallest absolute Gasteiger partial charge is 0.0972 e. The van der Waals surface area contributed by atoms with Crippen LogP contribution < -0.4 is 5.32 Å². The lowest BCUT2D eigenvalue weighted by Crippen LogP contribution is -2.28. The SMILES string of the molecule is CCC(C)C1C(C#N)=C(C)NC(C)=C1C#N. The third kappa shape index (κ3) is 1.95. The molecule has 0 aromatic carbocycles. The maximum atomic E-state index is 9.20. The van der Waals surface area contributed by atoms with Crippen LogP contribution in [-0.2, 0) is 0 Å². The minimum atomic E-state index is -0.0405. The number of nitrogens with zero attached hydrogens (tertiary/aromatic N) is 2. The first kappa shape index (κ1) is 12.3. The molecule has 0 spiro atoms. The van der Waals surface area contributed by atoms with Gasteiger partial charge in [-0.2, -0.15) is 10.5 Å². The zero-order chi connectivity index (χ0) is 12.3. The first-order valence-electron chi connectivity index (χ1n) is 5.55. The van der Waals surface area contributed by atoms with Crippen LogP contribution in [0.4, 0.5) is 0 Å². The fraction of sp³-hybridized carbons (Fsp3) is 0.538. The maximum Gasteiger partial charge on any atom is 0.0972 e. The highest BCUT2D eigenvalue weighted by atomic mass is 14.9. The second kappa shape index (κ2) is 4.86. The predicted octanol–water partition coefficient (Wildman–Crippen LogP) is 2.85. The Morgan fingerprint density at radius 2 is 1.62 bits per heavy atom. The van der Waals surface area contributed by atoms with Crippen molar-refractivity contribution in [3.63, 3.8) is 0 Å². The summed E-state index contributed by atoms with van der Waals surface area (Å²) in [6.45, 7) is 7.96. The van der Waals surface area contributed by atoms with Gasteiger partial charge in [0, 0.05) is 17.3 Å². The summed E-state index contributed by atoms with van der Waals surface area (Å²) >= 11 is 0. The summed E-state index contributed by atoms with van der Waals surface area (Å²) in [4.78, 5) is 0. The Morgan fingerprint density at radius 1 is 1.19 bits per heavy atom. The molecule has 1 atom stereocenters. The van der Waals surface area contributed by atoms with Crippen molar-refractivity contribution in [3.05, 3.63) is 22.5 Å². The van der Waals surface area contributed by atoms with Gasteiger partial charge in [0.25, 0.3) is 0 Å². The Bertz CT molecular complexity index is 393. The molecule has 0 saturated heterocycles. The molecule has 1 N–H and O–H groups in total. The molecule has 1 unspecified atom stereocenters. The molecule has 84 valence electrons. The number of rotatable bonds is 2. The van der Waals surface area contributed by atoms with E-state index < -0.39 is 0 Å². The van der Waals surface area contributed by atoms with Crippen molar-refractivity contribution < 1.29 is 0 Å². The van der Waals surface area contributed by atoms with Gasteiger partial charge in [-0.25, -0.2) is 0 Å². The first-order valence-corrected chi connectivity index (χ1v) is 5.55. The molecule has 3 heteroatoms. The van der Waals surface area contributed by atoms with E-state index in [2.05, 4.69) is 31.3 Å². The molecular weight excluding hydrogens is 198 g/mol. The predicted molar refractivity (Wildman–Crippen MR) is 62.7 cm³/mol. The molecule has 0 saturated carbocycles. The van der Waals surface area contributed by atoms with E-state index in [-0.39, 0.29) is 5.92 Å². The molecule has 0 aliphatic carbocycles. The van der Waals surface area contributed by atoms with Crippen molar-refractivity contribution in [1.29, 1.82) is 10.5 Å². The summed E-state index contributed by atoms with van der Waals surface area (Å²) in [5.41, 5.74) is 3.17. The minimum absolute atomic E-state index is 0.0405. The molecule has 1 aliphatic rings. The van der Waals surface area contributed by atoms with E-state index in [1.807, 2.05) is 13.8 Å². The number of dihydropyridines is 1. The number of allylic oxidation sites excluding steroid dienone is 4. The van der Waals surface area contributed by atoms with E-state index in [0.717, 1.165) is 17.8 Å². The Kier molecular flexibility index (Phi) is 3.74. The summed E-state index contributed by atoms with van der Waals surface area (Å²) in [6.07, 6.45) is 0.960. The van der Waals surface area contributed by atoms with Gasteiger partial charge >= 0.3 is 0 Å². The maximum absolute atomic E-state index is 9.20. The first-order chi connectivity index (χ1) is 7.56. The van der Waals surface area contributed by atoms with Gasteiger partial charge in [0.05, 0.1) is 23.3 Å². The zero-order valence-electron chi connectivity index (χ0n) is 10.3. The van der Waals surface area contributed by atoms with Crippen molar-refractivity contribution in [2.45, 2.75) is 34.1 Å². The molecule has 1 heterocycles. The van der Waals surface area contributed by atoms with Gasteiger partial charge in [0.2, 0.25) is 0 Å². The summed E-state index contributed by atoms with van der Waals surface area (Å²) in [7, 11) is 0. The molecule has 0 aromatic heterocycles. The molecule has 0 amide bonds. The lowest BCUT2D eigenvalue weighted by Gasteiger charge is -2.29. The number of nitriles is 2. The van der Waals surface area contributed by atoms with Crippen molar-refractivity contribution in [3.8, 4) is 12.1 Å². The van der Waals surface area contributed by atoms with E-state index in [4.69, 9.17) is 0 Å². The fourth-order valence-electron chi connectivity index (χ4n) is 2.14. The van der Waals surface area contributed by atoms with Crippen molar-refractivity contribution >= 4 is 0 Å². The van der Waals surface area contributed by atoms with Gasteiger partial charge in [0.1, 0.15) is 0 Å². The Hall–Kier alpha value is -1.74. The van der Waals surface area contributed by atoms with Crippen molar-refractivity contribution in [1.82, 2.24) is 5.32 Å². The Morgan fingerprint density at radius 3 is 1.94 bits per heavy atom. The van der Waals surface area contributed by atoms with E-state index in [9.17, 15) is 10.5 Å². The van der Waals surface area contributed by atoms with Gasteiger partial charge in [0.15, 0.2) is 0 Å². The van der Waals surface area contributed by atoms with Gasteiger partial charge in [-0.15, -0.1) is 0 Å². The van der Waals surface area contributed by atoms with Gasteiger partial charge in [-0.3, -0.25) is 0 Å². The highest BCUT2D eigenvalue weighted by molar-refractivity contribution is 5.47. The number of hydrogen-bond donors (Lipinski definition) is 1. The zero-order valence-corrected chi connectivity index (χ0v) is 10.3. The highest BCUT2D eigenvalue weighted by Crippen LogP contribution is 2.35. The summed E-state index contributed by atoms with van der Waals surface area (Å²) in [5.74, 6) is 0.276. The molecule has 0 fully saturated rings. The standard InChI is InChI=1S/C13H17N3/c1-5-8(2)13-11(6-14)9(3)16-10(4)12(13)7-15/h8,13,16H,5H2,1-4H3. The molecule has 0 radical (unpaired) electrons. The topological polar surface area (TPSA) is 59.6 Å². The van der Waals surface area contributed by atoms with Crippen LogP contribution >= 0.6 is 0 Å². The van der Waals surface area contributed by atoms with Crippen LogP contribution in [0.5, 0.6) is 0 Å². The van der Waals surface area contributed by atoms with Crippen molar-refractivity contribution in [2.75, 3.05) is 0 Å².